The van der Waals surface area contributed by atoms with E-state index in [0.29, 0.717) is 16.5 Å². The molecule has 0 bridgehead atoms. The van der Waals surface area contributed by atoms with Crippen molar-refractivity contribution in [2.45, 2.75) is 26.2 Å². The molecule has 0 fully saturated rings. The lowest BCUT2D eigenvalue weighted by Crippen LogP contribution is -2.08. The number of aromatic hydroxyl groups is 1. The first-order chi connectivity index (χ1) is 7.72. The number of hydrogen-bond acceptors (Lipinski definition) is 3. The minimum Gasteiger partial charge on any atom is -0.508 e. The van der Waals surface area contributed by atoms with Crippen molar-refractivity contribution < 1.29 is 9.52 Å². The molecule has 0 aliphatic heterocycles. The smallest absolute Gasteiger partial charge is 0.195 e. The van der Waals surface area contributed by atoms with Gasteiger partial charge in [-0.15, -0.1) is 0 Å². The van der Waals surface area contributed by atoms with Crippen LogP contribution in [0.2, 0.25) is 0 Å². The average molecular weight is 218 g/mol. The lowest BCUT2D eigenvalue weighted by molar-refractivity contribution is 0.474. The minimum atomic E-state index is 0.00898. The lowest BCUT2D eigenvalue weighted by atomic mass is 10.1. The van der Waals surface area contributed by atoms with E-state index in [1.54, 1.807) is 6.07 Å². The molecule has 16 heavy (non-hydrogen) atoms. The molecule has 3 heteroatoms. The Kier molecular flexibility index (Phi) is 2.95. The fourth-order valence-corrected chi connectivity index (χ4v) is 1.70. The van der Waals surface area contributed by atoms with Crippen LogP contribution in [0.3, 0.4) is 0 Å². The van der Waals surface area contributed by atoms with E-state index in [1.165, 1.54) is 18.4 Å². The van der Waals surface area contributed by atoms with E-state index in [9.17, 15) is 9.90 Å². The normalized spacial score (nSPS) is 10.8. The summed E-state index contributed by atoms with van der Waals surface area (Å²) in [7, 11) is 0. The largest absolute Gasteiger partial charge is 0.508 e. The third kappa shape index (κ3) is 1.94. The Morgan fingerprint density at radius 2 is 2.19 bits per heavy atom. The van der Waals surface area contributed by atoms with Crippen molar-refractivity contribution in [1.29, 1.82) is 0 Å². The molecule has 1 aromatic carbocycles. The van der Waals surface area contributed by atoms with Gasteiger partial charge in [0.1, 0.15) is 11.3 Å². The van der Waals surface area contributed by atoms with Crippen molar-refractivity contribution in [1.82, 2.24) is 0 Å². The van der Waals surface area contributed by atoms with Crippen LogP contribution in [0.1, 0.15) is 25.3 Å². The molecule has 0 saturated carbocycles. The number of fused-ring (bicyclic) bond motifs is 1. The van der Waals surface area contributed by atoms with Crippen molar-refractivity contribution in [3.05, 3.63) is 40.2 Å². The molecule has 0 amide bonds. The second-order valence-electron chi connectivity index (χ2n) is 3.87. The Morgan fingerprint density at radius 3 is 2.94 bits per heavy atom. The van der Waals surface area contributed by atoms with Crippen LogP contribution in [0.4, 0.5) is 0 Å². The number of unbranched alkanes of at least 4 members (excludes halogenated alkanes) is 1. The van der Waals surface area contributed by atoms with E-state index in [1.807, 2.05) is 0 Å². The van der Waals surface area contributed by atoms with E-state index < -0.39 is 0 Å². The van der Waals surface area contributed by atoms with Gasteiger partial charge in [-0.1, -0.05) is 13.3 Å². The summed E-state index contributed by atoms with van der Waals surface area (Å²) in [5, 5.41) is 9.80. The molecule has 0 radical (unpaired) electrons. The van der Waals surface area contributed by atoms with E-state index in [4.69, 9.17) is 4.42 Å². The van der Waals surface area contributed by atoms with E-state index >= 15 is 0 Å². The fourth-order valence-electron chi connectivity index (χ4n) is 1.70. The Labute approximate surface area is 93.3 Å². The van der Waals surface area contributed by atoms with Gasteiger partial charge in [-0.05, 0) is 25.0 Å². The van der Waals surface area contributed by atoms with Gasteiger partial charge in [-0.2, -0.15) is 0 Å². The van der Waals surface area contributed by atoms with Crippen LogP contribution in [0.15, 0.2) is 33.7 Å². The highest BCUT2D eigenvalue weighted by molar-refractivity contribution is 5.78. The van der Waals surface area contributed by atoms with Crippen molar-refractivity contribution in [2.24, 2.45) is 0 Å². The van der Waals surface area contributed by atoms with Gasteiger partial charge in [0.2, 0.25) is 0 Å². The number of hydrogen-bond donors (Lipinski definition) is 1. The number of rotatable bonds is 3. The van der Waals surface area contributed by atoms with E-state index in [-0.39, 0.29) is 11.2 Å². The Morgan fingerprint density at radius 1 is 1.38 bits per heavy atom. The van der Waals surface area contributed by atoms with Crippen molar-refractivity contribution in [3.8, 4) is 5.75 Å². The second kappa shape index (κ2) is 4.39. The molecule has 0 spiro atoms. The predicted octanol–water partition coefficient (Wildman–Crippen LogP) is 2.84. The van der Waals surface area contributed by atoms with Gasteiger partial charge >= 0.3 is 0 Å². The van der Waals surface area contributed by atoms with Crippen molar-refractivity contribution >= 4 is 11.0 Å². The van der Waals surface area contributed by atoms with Gasteiger partial charge in [0, 0.05) is 11.6 Å². The molecular weight excluding hydrogens is 204 g/mol. The van der Waals surface area contributed by atoms with Crippen LogP contribution in [0, 0.1) is 0 Å². The molecule has 0 aliphatic carbocycles. The summed E-state index contributed by atoms with van der Waals surface area (Å²) in [6, 6.07) is 4.56. The van der Waals surface area contributed by atoms with Gasteiger partial charge in [-0.3, -0.25) is 4.79 Å². The molecule has 84 valence electrons. The summed E-state index contributed by atoms with van der Waals surface area (Å²) in [5.41, 5.74) is 1.15. The quantitative estimate of drug-likeness (QED) is 0.861. The van der Waals surface area contributed by atoms with Crippen LogP contribution in [0.25, 0.3) is 11.0 Å². The molecule has 0 saturated heterocycles. The van der Waals surface area contributed by atoms with Crippen molar-refractivity contribution in [2.75, 3.05) is 0 Å². The molecule has 0 unspecified atom stereocenters. The topological polar surface area (TPSA) is 50.4 Å². The molecule has 1 N–H and O–H groups in total. The number of aryl methyl sites for hydroxylation is 1. The van der Waals surface area contributed by atoms with Crippen LogP contribution in [-0.4, -0.2) is 5.11 Å². The number of phenolic OH excluding ortho intramolecular Hbond substituents is 1. The molecular formula is C13H14O3. The third-order valence-electron chi connectivity index (χ3n) is 2.63. The molecule has 0 atom stereocenters. The molecule has 1 heterocycles. The highest BCUT2D eigenvalue weighted by atomic mass is 16.3. The van der Waals surface area contributed by atoms with Gasteiger partial charge in [0.15, 0.2) is 5.43 Å². The van der Waals surface area contributed by atoms with Gasteiger partial charge in [0.05, 0.1) is 11.6 Å². The summed E-state index contributed by atoms with van der Waals surface area (Å²) in [6.45, 7) is 2.08. The monoisotopic (exact) mass is 218 g/mol. The first-order valence-corrected chi connectivity index (χ1v) is 5.45. The SMILES string of the molecule is CCCCc1coc2cc(O)ccc2c1=O. The predicted molar refractivity (Wildman–Crippen MR) is 62.8 cm³/mol. The van der Waals surface area contributed by atoms with Gasteiger partial charge < -0.3 is 9.52 Å². The van der Waals surface area contributed by atoms with Crippen molar-refractivity contribution in [3.63, 3.8) is 0 Å². The maximum atomic E-state index is 12.0. The van der Waals surface area contributed by atoms with E-state index in [0.717, 1.165) is 19.3 Å². The summed E-state index contributed by atoms with van der Waals surface area (Å²) in [6.07, 6.45) is 4.27. The summed E-state index contributed by atoms with van der Waals surface area (Å²) >= 11 is 0. The Bertz CT molecular complexity index is 555. The zero-order chi connectivity index (χ0) is 11.5. The fraction of sp³-hybridized carbons (Fsp3) is 0.308. The summed E-state index contributed by atoms with van der Waals surface area (Å²) in [5.74, 6) is 0.108. The molecule has 3 nitrogen and oxygen atoms in total. The summed E-state index contributed by atoms with van der Waals surface area (Å²) in [4.78, 5) is 12.0. The first-order valence-electron chi connectivity index (χ1n) is 5.45. The minimum absolute atomic E-state index is 0.00898. The maximum absolute atomic E-state index is 12.0. The van der Waals surface area contributed by atoms with Crippen LogP contribution < -0.4 is 5.43 Å². The third-order valence-corrected chi connectivity index (χ3v) is 2.63. The molecule has 0 aliphatic rings. The first kappa shape index (κ1) is 10.7. The number of benzene rings is 1. The highest BCUT2D eigenvalue weighted by Gasteiger charge is 2.06. The van der Waals surface area contributed by atoms with Gasteiger partial charge in [-0.25, -0.2) is 0 Å². The highest BCUT2D eigenvalue weighted by Crippen LogP contribution is 2.18. The van der Waals surface area contributed by atoms with Crippen LogP contribution in [-0.2, 0) is 6.42 Å². The lowest BCUT2D eigenvalue weighted by Gasteiger charge is -2.01. The maximum Gasteiger partial charge on any atom is 0.195 e. The summed E-state index contributed by atoms with van der Waals surface area (Å²) < 4.78 is 5.34. The van der Waals surface area contributed by atoms with Crippen LogP contribution in [0.5, 0.6) is 5.75 Å². The standard InChI is InChI=1S/C13H14O3/c1-2-3-4-9-8-16-12-7-10(14)5-6-11(12)13(9)15/h5-8,14H,2-4H2,1H3. The number of phenols is 1. The molecule has 2 rings (SSSR count). The second-order valence-corrected chi connectivity index (χ2v) is 3.87. The Balaban J connectivity index is 2.53. The van der Waals surface area contributed by atoms with Gasteiger partial charge in [0.25, 0.3) is 0 Å². The Hall–Kier alpha value is -1.77. The zero-order valence-corrected chi connectivity index (χ0v) is 9.19. The molecule has 2 aromatic rings. The molecule has 1 aromatic heterocycles. The zero-order valence-electron chi connectivity index (χ0n) is 9.19. The van der Waals surface area contributed by atoms with E-state index in [2.05, 4.69) is 6.92 Å². The van der Waals surface area contributed by atoms with Crippen LogP contribution >= 0.6 is 0 Å². The average Bonchev–Trinajstić information content (AvgIpc) is 2.28.